The van der Waals surface area contributed by atoms with Crippen molar-refractivity contribution in [2.75, 3.05) is 7.11 Å². The summed E-state index contributed by atoms with van der Waals surface area (Å²) in [7, 11) is 0.895. The van der Waals surface area contributed by atoms with Gasteiger partial charge in [0.05, 0.1) is 0 Å². The van der Waals surface area contributed by atoms with Crippen LogP contribution in [0.4, 0.5) is 8.78 Å². The largest absolute Gasteiger partial charge is 0.478 e. The Morgan fingerprint density at radius 3 is 2.59 bits per heavy atom. The van der Waals surface area contributed by atoms with Gasteiger partial charge in [0.1, 0.15) is 0 Å². The van der Waals surface area contributed by atoms with Crippen LogP contribution in [0.5, 0.6) is 0 Å². The monoisotopic (exact) mass is 245 g/mol. The molecule has 0 spiro atoms. The average molecular weight is 245 g/mol. The van der Waals surface area contributed by atoms with Crippen molar-refractivity contribution < 1.29 is 23.4 Å². The van der Waals surface area contributed by atoms with Gasteiger partial charge in [0.15, 0.2) is 0 Å². The third kappa shape index (κ3) is 3.21. The number of ether oxygens (including phenoxy) is 1. The second kappa shape index (κ2) is 5.70. The molecule has 2 atom stereocenters. The highest BCUT2D eigenvalue weighted by molar-refractivity contribution is 5.77. The van der Waals surface area contributed by atoms with Crippen LogP contribution in [0, 0.1) is 0 Å². The number of alkyl halides is 2. The molecule has 1 aromatic rings. The zero-order chi connectivity index (χ0) is 12.9. The minimum absolute atomic E-state index is 0.118. The molecule has 0 aliphatic rings. The summed E-state index contributed by atoms with van der Waals surface area (Å²) in [6.07, 6.45) is -2.58. The number of benzene rings is 1. The number of halogens is 2. The van der Waals surface area contributed by atoms with Gasteiger partial charge in [-0.1, -0.05) is 30.3 Å². The van der Waals surface area contributed by atoms with Crippen molar-refractivity contribution in [1.82, 2.24) is 5.32 Å². The van der Waals surface area contributed by atoms with Crippen molar-refractivity contribution in [3.63, 3.8) is 0 Å². The van der Waals surface area contributed by atoms with Crippen molar-refractivity contribution in [3.05, 3.63) is 35.9 Å². The fourth-order valence-corrected chi connectivity index (χ4v) is 1.24. The molecule has 0 saturated carbocycles. The molecule has 0 bridgehead atoms. The van der Waals surface area contributed by atoms with E-state index < -0.39 is 18.1 Å². The molecular formula is C11H13F2NO3. The lowest BCUT2D eigenvalue weighted by molar-refractivity contribution is -0.182. The number of carboxylic acids is 1. The van der Waals surface area contributed by atoms with E-state index in [-0.39, 0.29) is 6.54 Å². The summed E-state index contributed by atoms with van der Waals surface area (Å²) in [5.41, 5.74) is 0.638. The Kier molecular flexibility index (Phi) is 4.53. The van der Waals surface area contributed by atoms with Gasteiger partial charge < -0.3 is 9.84 Å². The Morgan fingerprint density at radius 1 is 1.53 bits per heavy atom. The standard InChI is InChI=1S/C11H13F2NO3/c1-17-9(12)11(13,10(15)16)14-7-8-5-3-2-4-6-8/h2-6,9,14H,7H2,1H3,(H,15,16). The molecule has 4 nitrogen and oxygen atoms in total. The predicted octanol–water partition coefficient (Wildman–Crippen LogP) is 1.47. The Bertz CT molecular complexity index is 374. The normalized spacial score (nSPS) is 16.2. The van der Waals surface area contributed by atoms with Crippen LogP contribution in [0.2, 0.25) is 0 Å². The molecule has 0 saturated heterocycles. The van der Waals surface area contributed by atoms with Crippen molar-refractivity contribution >= 4 is 5.97 Å². The van der Waals surface area contributed by atoms with Gasteiger partial charge >= 0.3 is 11.8 Å². The average Bonchev–Trinajstić information content (AvgIpc) is 2.35. The van der Waals surface area contributed by atoms with E-state index >= 15 is 0 Å². The molecule has 6 heteroatoms. The number of hydrogen-bond donors (Lipinski definition) is 2. The van der Waals surface area contributed by atoms with Gasteiger partial charge in [0.25, 0.3) is 6.36 Å². The number of nitrogens with one attached hydrogen (secondary N) is 1. The number of carbonyl (C=O) groups is 1. The number of methoxy groups -OCH3 is 1. The van der Waals surface area contributed by atoms with Gasteiger partial charge in [-0.15, -0.1) is 0 Å². The Balaban J connectivity index is 2.72. The first-order valence-electron chi connectivity index (χ1n) is 4.89. The molecule has 1 rings (SSSR count). The van der Waals surface area contributed by atoms with E-state index in [9.17, 15) is 13.6 Å². The van der Waals surface area contributed by atoms with E-state index in [4.69, 9.17) is 5.11 Å². The van der Waals surface area contributed by atoms with E-state index in [2.05, 4.69) is 4.74 Å². The zero-order valence-electron chi connectivity index (χ0n) is 9.19. The van der Waals surface area contributed by atoms with E-state index in [1.54, 1.807) is 30.3 Å². The number of aliphatic carboxylic acids is 1. The molecule has 2 N–H and O–H groups in total. The highest BCUT2D eigenvalue weighted by Crippen LogP contribution is 2.18. The van der Waals surface area contributed by atoms with E-state index in [0.717, 1.165) is 7.11 Å². The van der Waals surface area contributed by atoms with Crippen LogP contribution in [-0.2, 0) is 16.1 Å². The van der Waals surface area contributed by atoms with E-state index in [1.807, 2.05) is 5.32 Å². The van der Waals surface area contributed by atoms with Crippen LogP contribution in [0.15, 0.2) is 30.3 Å². The lowest BCUT2D eigenvalue weighted by Gasteiger charge is -2.24. The molecule has 94 valence electrons. The fraction of sp³-hybridized carbons (Fsp3) is 0.364. The van der Waals surface area contributed by atoms with Crippen molar-refractivity contribution in [3.8, 4) is 0 Å². The summed E-state index contributed by atoms with van der Waals surface area (Å²) in [6, 6.07) is 8.50. The molecule has 0 aliphatic carbocycles. The van der Waals surface area contributed by atoms with Crippen LogP contribution in [0.1, 0.15) is 5.56 Å². The Morgan fingerprint density at radius 2 is 2.12 bits per heavy atom. The van der Waals surface area contributed by atoms with Crippen molar-refractivity contribution in [2.24, 2.45) is 0 Å². The number of hydrogen-bond acceptors (Lipinski definition) is 3. The maximum Gasteiger partial charge on any atom is 0.362 e. The van der Waals surface area contributed by atoms with E-state index in [0.29, 0.717) is 5.56 Å². The molecule has 0 amide bonds. The van der Waals surface area contributed by atoms with E-state index in [1.165, 1.54) is 0 Å². The van der Waals surface area contributed by atoms with Gasteiger partial charge in [0.2, 0.25) is 0 Å². The third-order valence-corrected chi connectivity index (χ3v) is 2.22. The Labute approximate surface area is 97.2 Å². The molecule has 1 aromatic carbocycles. The fourth-order valence-electron chi connectivity index (χ4n) is 1.24. The molecule has 0 radical (unpaired) electrons. The summed E-state index contributed by atoms with van der Waals surface area (Å²) in [6.45, 7) is -0.118. The van der Waals surface area contributed by atoms with Gasteiger partial charge in [-0.25, -0.2) is 13.6 Å². The first-order chi connectivity index (χ1) is 8.00. The molecule has 0 heterocycles. The maximum atomic E-state index is 13.8. The zero-order valence-corrected chi connectivity index (χ0v) is 9.19. The van der Waals surface area contributed by atoms with Gasteiger partial charge in [0, 0.05) is 13.7 Å². The molecular weight excluding hydrogens is 232 g/mol. The quantitative estimate of drug-likeness (QED) is 0.745. The topological polar surface area (TPSA) is 58.6 Å². The molecule has 0 fully saturated rings. The number of carboxylic acid groups (broad SMARTS) is 1. The van der Waals surface area contributed by atoms with Gasteiger partial charge in [-0.3, -0.25) is 5.32 Å². The predicted molar refractivity (Wildman–Crippen MR) is 56.7 cm³/mol. The lowest BCUT2D eigenvalue weighted by Crippen LogP contribution is -2.55. The van der Waals surface area contributed by atoms with Crippen LogP contribution in [-0.4, -0.2) is 30.3 Å². The van der Waals surface area contributed by atoms with Gasteiger partial charge in [-0.2, -0.15) is 0 Å². The summed E-state index contributed by atoms with van der Waals surface area (Å²) in [4.78, 5) is 10.7. The first-order valence-corrected chi connectivity index (χ1v) is 4.89. The second-order valence-electron chi connectivity index (χ2n) is 3.41. The lowest BCUT2D eigenvalue weighted by atomic mass is 10.2. The SMILES string of the molecule is COC(F)C(F)(NCc1ccccc1)C(=O)O. The summed E-state index contributed by atoms with van der Waals surface area (Å²) in [5, 5.41) is 10.7. The van der Waals surface area contributed by atoms with Crippen molar-refractivity contribution in [2.45, 2.75) is 18.7 Å². The molecule has 17 heavy (non-hydrogen) atoms. The molecule has 2 unspecified atom stereocenters. The second-order valence-corrected chi connectivity index (χ2v) is 3.41. The van der Waals surface area contributed by atoms with Gasteiger partial charge in [-0.05, 0) is 5.56 Å². The smallest absolute Gasteiger partial charge is 0.362 e. The highest BCUT2D eigenvalue weighted by Gasteiger charge is 2.48. The van der Waals surface area contributed by atoms with Crippen molar-refractivity contribution in [1.29, 1.82) is 0 Å². The maximum absolute atomic E-state index is 13.8. The molecule has 0 aliphatic heterocycles. The van der Waals surface area contributed by atoms with Crippen LogP contribution in [0.3, 0.4) is 0 Å². The minimum atomic E-state index is -3.26. The van der Waals surface area contributed by atoms with Crippen LogP contribution < -0.4 is 5.32 Å². The summed E-state index contributed by atoms with van der Waals surface area (Å²) >= 11 is 0. The molecule has 0 aromatic heterocycles. The summed E-state index contributed by atoms with van der Waals surface area (Å²) in [5.74, 6) is -5.22. The minimum Gasteiger partial charge on any atom is -0.478 e. The first kappa shape index (κ1) is 13.5. The highest BCUT2D eigenvalue weighted by atomic mass is 19.2. The number of rotatable bonds is 6. The van der Waals surface area contributed by atoms with Crippen LogP contribution in [0.25, 0.3) is 0 Å². The van der Waals surface area contributed by atoms with Crippen LogP contribution >= 0.6 is 0 Å². The Hall–Kier alpha value is -1.53. The summed E-state index contributed by atoms with van der Waals surface area (Å²) < 4.78 is 31.0. The third-order valence-electron chi connectivity index (χ3n) is 2.22.